The molecule has 0 radical (unpaired) electrons. The molecule has 2 atom stereocenters. The number of nitrogens with zero attached hydrogens (tertiary/aromatic N) is 4. The van der Waals surface area contributed by atoms with Crippen molar-refractivity contribution in [2.75, 3.05) is 30.6 Å². The number of carbonyl (C=O) groups excluding carboxylic acids is 3. The number of alkyl halides is 1. The zero-order valence-electron chi connectivity index (χ0n) is 21.2. The SMILES string of the molecule is C#CCN1CC(=O)N2[C@@H](CCC)C(=O)N(CCCCCCCI)C[C@@H]2N1C(=O)NCc1ccccc1. The van der Waals surface area contributed by atoms with Crippen LogP contribution < -0.4 is 5.32 Å². The molecule has 0 spiro atoms. The number of halogens is 1. The summed E-state index contributed by atoms with van der Waals surface area (Å²) in [6.07, 6.45) is 11.9. The Balaban J connectivity index is 1.79. The number of hydrogen-bond donors (Lipinski definition) is 1. The molecule has 1 N–H and O–H groups in total. The maximum atomic E-state index is 13.5. The molecule has 9 heteroatoms. The smallest absolute Gasteiger partial charge is 0.334 e. The first-order valence-corrected chi connectivity index (χ1v) is 14.5. The highest BCUT2D eigenvalue weighted by Gasteiger charge is 2.50. The van der Waals surface area contributed by atoms with E-state index in [0.717, 1.165) is 31.2 Å². The van der Waals surface area contributed by atoms with E-state index < -0.39 is 12.2 Å². The van der Waals surface area contributed by atoms with E-state index in [1.807, 2.05) is 42.2 Å². The Kier molecular flexibility index (Phi) is 11.3. The number of benzene rings is 1. The standard InChI is InChI=1S/C27H38IN5O3/c1-3-13-23-26(35)30(18-12-7-5-6-11-16-28)20-24-32(23)25(34)21-31(17-4-2)33(24)27(36)29-19-22-14-9-8-10-15-22/h2,8-10,14-15,23-24H,3,5-7,11-13,16-21H2,1H3,(H,29,36)/t23-,24-/m0/s1. The molecule has 2 heterocycles. The lowest BCUT2D eigenvalue weighted by Crippen LogP contribution is -2.76. The number of fused-ring (bicyclic) bond motifs is 1. The van der Waals surface area contributed by atoms with Gasteiger partial charge >= 0.3 is 6.03 Å². The number of piperazine rings is 1. The van der Waals surface area contributed by atoms with Gasteiger partial charge in [0.15, 0.2) is 0 Å². The van der Waals surface area contributed by atoms with Crippen molar-refractivity contribution in [2.45, 2.75) is 70.6 Å². The molecule has 1 aromatic rings. The van der Waals surface area contributed by atoms with Crippen LogP contribution in [0.3, 0.4) is 0 Å². The van der Waals surface area contributed by atoms with Crippen LogP contribution >= 0.6 is 22.6 Å². The van der Waals surface area contributed by atoms with Gasteiger partial charge in [-0.15, -0.1) is 6.42 Å². The highest BCUT2D eigenvalue weighted by molar-refractivity contribution is 14.1. The van der Waals surface area contributed by atoms with Crippen LogP contribution in [0.25, 0.3) is 0 Å². The van der Waals surface area contributed by atoms with Crippen LogP contribution in [0.5, 0.6) is 0 Å². The first-order valence-electron chi connectivity index (χ1n) is 13.0. The van der Waals surface area contributed by atoms with Gasteiger partial charge in [0.1, 0.15) is 12.2 Å². The molecule has 0 saturated carbocycles. The van der Waals surface area contributed by atoms with E-state index in [4.69, 9.17) is 6.42 Å². The number of urea groups is 1. The molecule has 2 aliphatic rings. The van der Waals surface area contributed by atoms with Gasteiger partial charge < -0.3 is 15.1 Å². The first-order chi connectivity index (χ1) is 17.5. The topological polar surface area (TPSA) is 76.2 Å². The zero-order valence-corrected chi connectivity index (χ0v) is 23.4. The number of terminal acetylenes is 1. The molecule has 0 bridgehead atoms. The summed E-state index contributed by atoms with van der Waals surface area (Å²) >= 11 is 2.40. The van der Waals surface area contributed by atoms with Crippen LogP contribution in [0.15, 0.2) is 30.3 Å². The summed E-state index contributed by atoms with van der Waals surface area (Å²) in [5.41, 5.74) is 0.978. The van der Waals surface area contributed by atoms with E-state index in [1.165, 1.54) is 17.3 Å². The monoisotopic (exact) mass is 607 g/mol. The van der Waals surface area contributed by atoms with Crippen molar-refractivity contribution in [3.63, 3.8) is 0 Å². The molecule has 0 aliphatic carbocycles. The highest BCUT2D eigenvalue weighted by Crippen LogP contribution is 2.28. The summed E-state index contributed by atoms with van der Waals surface area (Å²) in [6.45, 7) is 3.41. The molecular weight excluding hydrogens is 569 g/mol. The van der Waals surface area contributed by atoms with E-state index in [0.29, 0.717) is 26.1 Å². The van der Waals surface area contributed by atoms with Crippen LogP contribution in [0.4, 0.5) is 4.79 Å². The van der Waals surface area contributed by atoms with Crippen molar-refractivity contribution in [1.82, 2.24) is 25.1 Å². The number of carbonyl (C=O) groups is 3. The van der Waals surface area contributed by atoms with Gasteiger partial charge in [0.05, 0.1) is 19.6 Å². The summed E-state index contributed by atoms with van der Waals surface area (Å²) in [7, 11) is 0. The number of nitrogens with one attached hydrogen (secondary N) is 1. The van der Waals surface area contributed by atoms with Gasteiger partial charge in [-0.25, -0.2) is 9.80 Å². The fourth-order valence-electron chi connectivity index (χ4n) is 4.97. The second-order valence-electron chi connectivity index (χ2n) is 9.34. The van der Waals surface area contributed by atoms with Gasteiger partial charge in [0.2, 0.25) is 11.8 Å². The minimum absolute atomic E-state index is 0.0104. The Hall–Kier alpha value is -2.32. The van der Waals surface area contributed by atoms with E-state index >= 15 is 0 Å². The van der Waals surface area contributed by atoms with Gasteiger partial charge in [-0.2, -0.15) is 5.01 Å². The maximum Gasteiger partial charge on any atom is 0.334 e. The van der Waals surface area contributed by atoms with Gasteiger partial charge in [-0.05, 0) is 29.3 Å². The lowest BCUT2D eigenvalue weighted by Gasteiger charge is -2.55. The average Bonchev–Trinajstić information content (AvgIpc) is 2.87. The molecule has 0 aromatic heterocycles. The number of rotatable bonds is 12. The van der Waals surface area contributed by atoms with Crippen LogP contribution in [0.1, 0.15) is 57.4 Å². The number of hydrazine groups is 1. The Labute approximate surface area is 228 Å². The average molecular weight is 608 g/mol. The van der Waals surface area contributed by atoms with Crippen molar-refractivity contribution in [3.8, 4) is 12.3 Å². The van der Waals surface area contributed by atoms with Crippen molar-refractivity contribution in [1.29, 1.82) is 0 Å². The summed E-state index contributed by atoms with van der Waals surface area (Å²) < 4.78 is 1.17. The molecule has 1 aromatic carbocycles. The minimum atomic E-state index is -0.580. The number of unbranched alkanes of at least 4 members (excludes halogenated alkanes) is 4. The molecule has 0 unspecified atom stereocenters. The molecule has 2 fully saturated rings. The van der Waals surface area contributed by atoms with E-state index in [9.17, 15) is 14.4 Å². The number of hydrogen-bond acceptors (Lipinski definition) is 4. The summed E-state index contributed by atoms with van der Waals surface area (Å²) in [6, 6.07) is 8.80. The highest BCUT2D eigenvalue weighted by atomic mass is 127. The third-order valence-electron chi connectivity index (χ3n) is 6.72. The Morgan fingerprint density at radius 2 is 1.86 bits per heavy atom. The van der Waals surface area contributed by atoms with E-state index in [2.05, 4.69) is 33.8 Å². The third kappa shape index (κ3) is 7.13. The summed E-state index contributed by atoms with van der Waals surface area (Å²) in [5.74, 6) is 2.41. The molecule has 2 aliphatic heterocycles. The lowest BCUT2D eigenvalue weighted by molar-refractivity contribution is -0.189. The third-order valence-corrected chi connectivity index (χ3v) is 7.49. The van der Waals surface area contributed by atoms with Gasteiger partial charge in [-0.1, -0.05) is 91.5 Å². The molecule has 3 rings (SSSR count). The Morgan fingerprint density at radius 3 is 2.56 bits per heavy atom. The largest absolute Gasteiger partial charge is 0.337 e. The van der Waals surface area contributed by atoms with Gasteiger partial charge in [0, 0.05) is 13.1 Å². The van der Waals surface area contributed by atoms with E-state index in [-0.39, 0.29) is 30.9 Å². The van der Waals surface area contributed by atoms with Gasteiger partial charge in [-0.3, -0.25) is 9.59 Å². The molecule has 8 nitrogen and oxygen atoms in total. The molecule has 4 amide bonds. The zero-order chi connectivity index (χ0) is 25.9. The van der Waals surface area contributed by atoms with Crippen LogP contribution in [0, 0.1) is 12.3 Å². The second-order valence-corrected chi connectivity index (χ2v) is 10.4. The molecule has 2 saturated heterocycles. The fourth-order valence-corrected chi connectivity index (χ4v) is 5.51. The van der Waals surface area contributed by atoms with Crippen LogP contribution in [-0.4, -0.2) is 80.5 Å². The first kappa shape index (κ1) is 28.3. The Bertz CT molecular complexity index is 922. The van der Waals surface area contributed by atoms with Crippen LogP contribution in [-0.2, 0) is 16.1 Å². The fraction of sp³-hybridized carbons (Fsp3) is 0.593. The molecular formula is C27H38IN5O3. The van der Waals surface area contributed by atoms with Crippen molar-refractivity contribution in [3.05, 3.63) is 35.9 Å². The Morgan fingerprint density at radius 1 is 1.14 bits per heavy atom. The normalized spacial score (nSPS) is 20.3. The summed E-state index contributed by atoms with van der Waals surface area (Å²) in [5, 5.41) is 6.19. The quantitative estimate of drug-likeness (QED) is 0.171. The maximum absolute atomic E-state index is 13.5. The van der Waals surface area contributed by atoms with Crippen LogP contribution in [0.2, 0.25) is 0 Å². The minimum Gasteiger partial charge on any atom is -0.337 e. The van der Waals surface area contributed by atoms with Crippen molar-refractivity contribution >= 4 is 40.4 Å². The van der Waals surface area contributed by atoms with Crippen molar-refractivity contribution < 1.29 is 14.4 Å². The van der Waals surface area contributed by atoms with Crippen molar-refractivity contribution in [2.24, 2.45) is 0 Å². The molecule has 36 heavy (non-hydrogen) atoms. The predicted molar refractivity (Wildman–Crippen MR) is 149 cm³/mol. The van der Waals surface area contributed by atoms with E-state index in [1.54, 1.807) is 14.9 Å². The lowest BCUT2D eigenvalue weighted by atomic mass is 10.0. The predicted octanol–water partition coefficient (Wildman–Crippen LogP) is 3.61. The van der Waals surface area contributed by atoms with Gasteiger partial charge in [0.25, 0.3) is 0 Å². The molecule has 196 valence electrons. The summed E-state index contributed by atoms with van der Waals surface area (Å²) in [4.78, 5) is 43.7. The number of amides is 4. The second kappa shape index (κ2) is 14.4.